The molecule has 0 bridgehead atoms. The number of nitrogens with zero attached hydrogens (tertiary/aromatic N) is 2. The largest absolute Gasteiger partial charge is 0.366 e. The van der Waals surface area contributed by atoms with Crippen molar-refractivity contribution in [2.75, 3.05) is 11.4 Å². The van der Waals surface area contributed by atoms with Gasteiger partial charge in [-0.1, -0.05) is 19.9 Å². The van der Waals surface area contributed by atoms with Crippen LogP contribution >= 0.6 is 0 Å². The van der Waals surface area contributed by atoms with Crippen LogP contribution in [0.4, 0.5) is 5.69 Å². The summed E-state index contributed by atoms with van der Waals surface area (Å²) < 4.78 is 0. The van der Waals surface area contributed by atoms with Crippen LogP contribution < -0.4 is 16.0 Å². The molecule has 24 heavy (non-hydrogen) atoms. The highest BCUT2D eigenvalue weighted by Gasteiger charge is 2.31. The van der Waals surface area contributed by atoms with Crippen molar-refractivity contribution in [3.63, 3.8) is 0 Å². The summed E-state index contributed by atoms with van der Waals surface area (Å²) in [5.41, 5.74) is 8.03. The molecule has 6 nitrogen and oxygen atoms in total. The number of nitrogens with one attached hydrogen (secondary N) is 1. The predicted molar refractivity (Wildman–Crippen MR) is 93.5 cm³/mol. The van der Waals surface area contributed by atoms with Gasteiger partial charge in [0, 0.05) is 42.2 Å². The fourth-order valence-electron chi connectivity index (χ4n) is 2.85. The number of nitrogens with two attached hydrogens (primary N) is 1. The van der Waals surface area contributed by atoms with Crippen LogP contribution in [-0.4, -0.2) is 24.1 Å². The number of fused-ring (bicyclic) bond motifs is 1. The first-order valence-corrected chi connectivity index (χ1v) is 7.91. The lowest BCUT2D eigenvalue weighted by Gasteiger charge is -2.25. The zero-order chi connectivity index (χ0) is 17.3. The minimum absolute atomic E-state index is 0.115. The monoisotopic (exact) mass is 324 g/mol. The van der Waals surface area contributed by atoms with Gasteiger partial charge in [0.25, 0.3) is 0 Å². The van der Waals surface area contributed by atoms with E-state index in [-0.39, 0.29) is 11.7 Å². The molecule has 2 heterocycles. The Hall–Kier alpha value is -2.89. The lowest BCUT2D eigenvalue weighted by molar-refractivity contribution is -0.116. The van der Waals surface area contributed by atoms with E-state index < -0.39 is 5.91 Å². The second-order valence-corrected chi connectivity index (χ2v) is 6.26. The number of hydrogen-bond donors (Lipinski definition) is 2. The number of anilines is 1. The van der Waals surface area contributed by atoms with E-state index in [4.69, 9.17) is 5.73 Å². The summed E-state index contributed by atoms with van der Waals surface area (Å²) in [5.74, 6) is 0.594. The summed E-state index contributed by atoms with van der Waals surface area (Å²) in [4.78, 5) is 30.2. The van der Waals surface area contributed by atoms with Crippen molar-refractivity contribution in [1.29, 1.82) is 0 Å². The highest BCUT2D eigenvalue weighted by Crippen LogP contribution is 2.29. The average Bonchev–Trinajstić information content (AvgIpc) is 2.98. The van der Waals surface area contributed by atoms with E-state index in [1.807, 2.05) is 24.8 Å². The van der Waals surface area contributed by atoms with E-state index in [9.17, 15) is 9.59 Å². The average molecular weight is 324 g/mol. The fourth-order valence-corrected chi connectivity index (χ4v) is 2.85. The zero-order valence-corrected chi connectivity index (χ0v) is 13.7. The normalized spacial score (nSPS) is 16.1. The second-order valence-electron chi connectivity index (χ2n) is 6.26. The summed E-state index contributed by atoms with van der Waals surface area (Å²) in [5, 5.41) is 3.17. The Bertz CT molecular complexity index is 790. The summed E-state index contributed by atoms with van der Waals surface area (Å²) in [6, 6.07) is 7.02. The standard InChI is InChI=1S/C18H20N4O2/c1-11(2)8-15(23)14-10-21-18-16(14)22(7-6-20-18)13-5-3-4-12(9-13)17(19)24/h3-7,9,11H,8,10H2,1-2H3,(H2,19,24)(H,20,21). The molecule has 2 aliphatic heterocycles. The first-order chi connectivity index (χ1) is 11.5. The smallest absolute Gasteiger partial charge is 0.248 e. The van der Waals surface area contributed by atoms with Crippen molar-refractivity contribution in [1.82, 2.24) is 5.32 Å². The molecule has 0 saturated carbocycles. The van der Waals surface area contributed by atoms with Gasteiger partial charge in [0.1, 0.15) is 0 Å². The summed E-state index contributed by atoms with van der Waals surface area (Å²) in [6.45, 7) is 4.51. The molecule has 1 aromatic rings. The number of hydrogen-bond acceptors (Lipinski definition) is 5. The number of amides is 1. The molecular formula is C18H20N4O2. The van der Waals surface area contributed by atoms with Gasteiger partial charge in [0.2, 0.25) is 5.91 Å². The Morgan fingerprint density at radius 2 is 2.17 bits per heavy atom. The Labute approximate surface area is 140 Å². The third-order valence-electron chi connectivity index (χ3n) is 3.94. The molecule has 0 spiro atoms. The molecule has 1 amide bonds. The molecule has 124 valence electrons. The molecule has 3 rings (SSSR count). The topological polar surface area (TPSA) is 87.8 Å². The summed E-state index contributed by atoms with van der Waals surface area (Å²) in [6.07, 6.45) is 3.94. The molecule has 0 saturated heterocycles. The van der Waals surface area contributed by atoms with E-state index in [0.29, 0.717) is 24.4 Å². The van der Waals surface area contributed by atoms with Crippen molar-refractivity contribution in [3.05, 3.63) is 53.5 Å². The van der Waals surface area contributed by atoms with Gasteiger partial charge >= 0.3 is 0 Å². The zero-order valence-electron chi connectivity index (χ0n) is 13.7. The molecule has 3 N–H and O–H groups in total. The van der Waals surface area contributed by atoms with Crippen LogP contribution in [0.2, 0.25) is 0 Å². The van der Waals surface area contributed by atoms with Gasteiger partial charge in [-0.3, -0.25) is 9.59 Å². The lowest BCUT2D eigenvalue weighted by Crippen LogP contribution is -2.29. The van der Waals surface area contributed by atoms with Gasteiger partial charge in [-0.05, 0) is 24.1 Å². The van der Waals surface area contributed by atoms with Crippen LogP contribution in [0.15, 0.2) is 52.9 Å². The number of benzene rings is 1. The summed E-state index contributed by atoms with van der Waals surface area (Å²) in [7, 11) is 0. The van der Waals surface area contributed by atoms with E-state index >= 15 is 0 Å². The Kier molecular flexibility index (Phi) is 4.20. The minimum atomic E-state index is -0.485. The van der Waals surface area contributed by atoms with Gasteiger partial charge in [0.15, 0.2) is 11.6 Å². The van der Waals surface area contributed by atoms with Gasteiger partial charge in [0.05, 0.1) is 5.70 Å². The van der Waals surface area contributed by atoms with Gasteiger partial charge < -0.3 is 16.0 Å². The van der Waals surface area contributed by atoms with Crippen molar-refractivity contribution >= 4 is 23.2 Å². The van der Waals surface area contributed by atoms with E-state index in [2.05, 4.69) is 10.3 Å². The number of Topliss-reactive ketones (excluding diaryl/α,β-unsaturated/α-hetero) is 1. The maximum Gasteiger partial charge on any atom is 0.248 e. The van der Waals surface area contributed by atoms with Crippen molar-refractivity contribution in [3.8, 4) is 0 Å². The number of carbonyl (C=O) groups is 2. The highest BCUT2D eigenvalue weighted by atomic mass is 16.1. The quantitative estimate of drug-likeness (QED) is 0.866. The van der Waals surface area contributed by atoms with E-state index in [0.717, 1.165) is 17.0 Å². The SMILES string of the molecule is CC(C)CC(=O)C1=C2C(=NC=CN2c2cccc(C(N)=O)c2)NC1. The first kappa shape index (κ1) is 16.0. The number of rotatable bonds is 5. The van der Waals surface area contributed by atoms with Gasteiger partial charge in [-0.15, -0.1) is 0 Å². The second kappa shape index (κ2) is 6.31. The number of carbonyl (C=O) groups excluding carboxylic acids is 2. The molecule has 1 aromatic carbocycles. The van der Waals surface area contributed by atoms with Gasteiger partial charge in [-0.2, -0.15) is 0 Å². The lowest BCUT2D eigenvalue weighted by atomic mass is 10.00. The first-order valence-electron chi connectivity index (χ1n) is 7.91. The molecule has 2 aliphatic rings. The van der Waals surface area contributed by atoms with Crippen LogP contribution in [0.25, 0.3) is 0 Å². The highest BCUT2D eigenvalue weighted by molar-refractivity contribution is 6.14. The molecule has 0 atom stereocenters. The van der Waals surface area contributed by atoms with Crippen LogP contribution in [0.5, 0.6) is 0 Å². The predicted octanol–water partition coefficient (Wildman–Crippen LogP) is 1.95. The van der Waals surface area contributed by atoms with Crippen LogP contribution in [0.1, 0.15) is 30.6 Å². The Morgan fingerprint density at radius 3 is 2.88 bits per heavy atom. The molecule has 0 aromatic heterocycles. The number of amidine groups is 1. The minimum Gasteiger partial charge on any atom is -0.366 e. The van der Waals surface area contributed by atoms with Crippen molar-refractivity contribution in [2.45, 2.75) is 20.3 Å². The van der Waals surface area contributed by atoms with E-state index in [1.165, 1.54) is 0 Å². The Balaban J connectivity index is 2.03. The summed E-state index contributed by atoms with van der Waals surface area (Å²) >= 11 is 0. The third-order valence-corrected chi connectivity index (χ3v) is 3.94. The fraction of sp³-hybridized carbons (Fsp3) is 0.278. The van der Waals surface area contributed by atoms with Crippen LogP contribution in [0.3, 0.4) is 0 Å². The Morgan fingerprint density at radius 1 is 1.38 bits per heavy atom. The number of aliphatic imine (C=N–C) groups is 1. The maximum atomic E-state index is 12.6. The van der Waals surface area contributed by atoms with E-state index in [1.54, 1.807) is 30.6 Å². The van der Waals surface area contributed by atoms with Crippen molar-refractivity contribution in [2.24, 2.45) is 16.6 Å². The van der Waals surface area contributed by atoms with Gasteiger partial charge in [-0.25, -0.2) is 4.99 Å². The molecule has 6 heteroatoms. The molecule has 0 unspecified atom stereocenters. The molecular weight excluding hydrogens is 304 g/mol. The molecule has 0 radical (unpaired) electrons. The van der Waals surface area contributed by atoms with Crippen LogP contribution in [0, 0.1) is 5.92 Å². The van der Waals surface area contributed by atoms with Crippen LogP contribution in [-0.2, 0) is 4.79 Å². The molecule has 0 fully saturated rings. The molecule has 0 aliphatic carbocycles. The third kappa shape index (κ3) is 2.95. The van der Waals surface area contributed by atoms with Crippen molar-refractivity contribution < 1.29 is 9.59 Å². The number of ketones is 1. The maximum absolute atomic E-state index is 12.6. The number of primary amides is 1.